The lowest BCUT2D eigenvalue weighted by molar-refractivity contribution is -0.137. The van der Waals surface area contributed by atoms with Crippen molar-refractivity contribution in [1.29, 1.82) is 0 Å². The molecule has 0 heterocycles. The van der Waals surface area contributed by atoms with E-state index in [4.69, 9.17) is 27.9 Å². The number of carbonyl (C=O) groups is 2. The van der Waals surface area contributed by atoms with Gasteiger partial charge in [-0.05, 0) is 25.5 Å². The number of carbonyl (C=O) groups excluding carboxylic acids is 2. The van der Waals surface area contributed by atoms with E-state index in [0.717, 1.165) is 6.42 Å². The van der Waals surface area contributed by atoms with Gasteiger partial charge in [-0.25, -0.2) is 4.79 Å². The monoisotopic (exact) mass is 304 g/mol. The van der Waals surface area contributed by atoms with Crippen molar-refractivity contribution in [3.05, 3.63) is 27.7 Å². The summed E-state index contributed by atoms with van der Waals surface area (Å²) in [5, 5.41) is 0.377. The number of hydrogen-bond acceptors (Lipinski definition) is 4. The molecule has 0 aliphatic rings. The van der Waals surface area contributed by atoms with Gasteiger partial charge in [-0.2, -0.15) is 0 Å². The maximum absolute atomic E-state index is 11.7. The molecule has 4 nitrogen and oxygen atoms in total. The highest BCUT2D eigenvalue weighted by molar-refractivity contribution is 6.43. The number of Topliss-reactive ketones (excluding diaryl/α,β-unsaturated/α-hetero) is 1. The second kappa shape index (κ2) is 7.36. The SMILES string of the molecule is CCCOc1c(Cl)cc(C(=O)C(=O)OCC)cc1Cl. The molecule has 0 spiro atoms. The zero-order valence-corrected chi connectivity index (χ0v) is 12.2. The van der Waals surface area contributed by atoms with Gasteiger partial charge in [0.1, 0.15) is 0 Å². The fourth-order valence-electron chi connectivity index (χ4n) is 1.35. The molecular weight excluding hydrogens is 291 g/mol. The van der Waals surface area contributed by atoms with Gasteiger partial charge in [-0.15, -0.1) is 0 Å². The molecule has 0 aliphatic carbocycles. The molecule has 6 heteroatoms. The molecule has 1 aromatic rings. The van der Waals surface area contributed by atoms with Gasteiger partial charge in [0.05, 0.1) is 23.3 Å². The smallest absolute Gasteiger partial charge is 0.379 e. The van der Waals surface area contributed by atoms with E-state index in [1.54, 1.807) is 6.92 Å². The Bertz CT molecular complexity index is 463. The van der Waals surface area contributed by atoms with Gasteiger partial charge in [0.25, 0.3) is 5.78 Å². The third-order valence-corrected chi connectivity index (χ3v) is 2.73. The van der Waals surface area contributed by atoms with Gasteiger partial charge in [0.2, 0.25) is 0 Å². The topological polar surface area (TPSA) is 52.6 Å². The van der Waals surface area contributed by atoms with Crippen LogP contribution >= 0.6 is 23.2 Å². The molecule has 104 valence electrons. The van der Waals surface area contributed by atoms with Crippen molar-refractivity contribution < 1.29 is 19.1 Å². The Morgan fingerprint density at radius 3 is 2.21 bits per heavy atom. The van der Waals surface area contributed by atoms with E-state index in [2.05, 4.69) is 4.74 Å². The quantitative estimate of drug-likeness (QED) is 0.458. The number of hydrogen-bond donors (Lipinski definition) is 0. The van der Waals surface area contributed by atoms with Crippen molar-refractivity contribution in [3.8, 4) is 5.75 Å². The van der Waals surface area contributed by atoms with E-state index in [1.807, 2.05) is 6.92 Å². The Kier molecular flexibility index (Phi) is 6.12. The Morgan fingerprint density at radius 2 is 1.74 bits per heavy atom. The third-order valence-electron chi connectivity index (χ3n) is 2.17. The molecular formula is C13H14Cl2O4. The van der Waals surface area contributed by atoms with Crippen LogP contribution in [-0.2, 0) is 9.53 Å². The fraction of sp³-hybridized carbons (Fsp3) is 0.385. The minimum Gasteiger partial charge on any atom is -0.490 e. The number of rotatable bonds is 6. The van der Waals surface area contributed by atoms with Gasteiger partial charge < -0.3 is 9.47 Å². The summed E-state index contributed by atoms with van der Waals surface area (Å²) in [5.74, 6) is -1.41. The van der Waals surface area contributed by atoms with Gasteiger partial charge in [-0.3, -0.25) is 4.79 Å². The molecule has 0 N–H and O–H groups in total. The summed E-state index contributed by atoms with van der Waals surface area (Å²) >= 11 is 12.0. The Morgan fingerprint density at radius 1 is 1.16 bits per heavy atom. The first-order valence-electron chi connectivity index (χ1n) is 5.84. The van der Waals surface area contributed by atoms with Crippen LogP contribution in [0.5, 0.6) is 5.75 Å². The summed E-state index contributed by atoms with van der Waals surface area (Å²) in [4.78, 5) is 23.1. The highest BCUT2D eigenvalue weighted by atomic mass is 35.5. The van der Waals surface area contributed by atoms with Gasteiger partial charge in [0, 0.05) is 5.56 Å². The maximum Gasteiger partial charge on any atom is 0.379 e. The molecule has 0 fully saturated rings. The molecule has 0 aromatic heterocycles. The van der Waals surface area contributed by atoms with Crippen molar-refractivity contribution >= 4 is 35.0 Å². The van der Waals surface area contributed by atoms with Gasteiger partial charge in [-0.1, -0.05) is 30.1 Å². The van der Waals surface area contributed by atoms with Crippen molar-refractivity contribution in [2.45, 2.75) is 20.3 Å². The number of esters is 1. The van der Waals surface area contributed by atoms with Crippen LogP contribution in [-0.4, -0.2) is 25.0 Å². The molecule has 0 atom stereocenters. The summed E-state index contributed by atoms with van der Waals surface area (Å²) < 4.78 is 10.00. The van der Waals surface area contributed by atoms with Gasteiger partial charge >= 0.3 is 5.97 Å². The van der Waals surface area contributed by atoms with Crippen LogP contribution < -0.4 is 4.74 Å². The van der Waals surface area contributed by atoms with Crippen LogP contribution in [0.25, 0.3) is 0 Å². The molecule has 0 saturated heterocycles. The summed E-state index contributed by atoms with van der Waals surface area (Å²) in [7, 11) is 0. The minimum absolute atomic E-state index is 0.0808. The highest BCUT2D eigenvalue weighted by Crippen LogP contribution is 2.34. The number of ether oxygens (including phenoxy) is 2. The third kappa shape index (κ3) is 4.11. The molecule has 0 aliphatic heterocycles. The summed E-state index contributed by atoms with van der Waals surface area (Å²) in [6.45, 7) is 4.15. The fourth-order valence-corrected chi connectivity index (χ4v) is 1.94. The standard InChI is InChI=1S/C13H14Cl2O4/c1-3-5-19-12-9(14)6-8(7-10(12)15)11(16)13(17)18-4-2/h6-7H,3-5H2,1-2H3. The second-order valence-corrected chi connectivity index (χ2v) is 4.48. The van der Waals surface area contributed by atoms with E-state index >= 15 is 0 Å². The van der Waals surface area contributed by atoms with Gasteiger partial charge in [0.15, 0.2) is 5.75 Å². The van der Waals surface area contributed by atoms with Crippen molar-refractivity contribution in [1.82, 2.24) is 0 Å². The molecule has 1 rings (SSSR count). The van der Waals surface area contributed by atoms with Crippen LogP contribution in [0, 0.1) is 0 Å². The molecule has 1 aromatic carbocycles. The first kappa shape index (κ1) is 15.8. The zero-order valence-electron chi connectivity index (χ0n) is 10.7. The van der Waals surface area contributed by atoms with E-state index < -0.39 is 11.8 Å². The van der Waals surface area contributed by atoms with Crippen LogP contribution in [0.4, 0.5) is 0 Å². The summed E-state index contributed by atoms with van der Waals surface area (Å²) in [6.07, 6.45) is 0.802. The normalized spacial score (nSPS) is 10.1. The van der Waals surface area contributed by atoms with Crippen molar-refractivity contribution in [2.75, 3.05) is 13.2 Å². The number of halogens is 2. The first-order valence-corrected chi connectivity index (χ1v) is 6.60. The second-order valence-electron chi connectivity index (χ2n) is 3.67. The van der Waals surface area contributed by atoms with E-state index in [-0.39, 0.29) is 22.2 Å². The molecule has 0 saturated carbocycles. The van der Waals surface area contributed by atoms with E-state index in [0.29, 0.717) is 12.4 Å². The van der Waals surface area contributed by atoms with Crippen LogP contribution in [0.15, 0.2) is 12.1 Å². The predicted molar refractivity (Wildman–Crippen MR) is 73.2 cm³/mol. The Balaban J connectivity index is 3.00. The molecule has 0 bridgehead atoms. The summed E-state index contributed by atoms with van der Waals surface area (Å²) in [6, 6.07) is 2.69. The molecule has 0 unspecified atom stereocenters. The average molecular weight is 305 g/mol. The van der Waals surface area contributed by atoms with Crippen molar-refractivity contribution in [2.24, 2.45) is 0 Å². The first-order chi connectivity index (χ1) is 9.01. The van der Waals surface area contributed by atoms with Crippen LogP contribution in [0.3, 0.4) is 0 Å². The van der Waals surface area contributed by atoms with E-state index in [1.165, 1.54) is 12.1 Å². The summed E-state index contributed by atoms with van der Waals surface area (Å²) in [5.41, 5.74) is 0.0808. The van der Waals surface area contributed by atoms with Crippen molar-refractivity contribution in [3.63, 3.8) is 0 Å². The average Bonchev–Trinajstić information content (AvgIpc) is 2.37. The lowest BCUT2D eigenvalue weighted by Gasteiger charge is -2.10. The lowest BCUT2D eigenvalue weighted by atomic mass is 10.1. The zero-order chi connectivity index (χ0) is 14.4. The van der Waals surface area contributed by atoms with Crippen LogP contribution in [0.1, 0.15) is 30.6 Å². The highest BCUT2D eigenvalue weighted by Gasteiger charge is 2.20. The minimum atomic E-state index is -0.933. The number of benzene rings is 1. The van der Waals surface area contributed by atoms with E-state index in [9.17, 15) is 9.59 Å². The molecule has 0 amide bonds. The lowest BCUT2D eigenvalue weighted by Crippen LogP contribution is -2.17. The van der Waals surface area contributed by atoms with Crippen LogP contribution in [0.2, 0.25) is 10.0 Å². The largest absolute Gasteiger partial charge is 0.490 e. The molecule has 19 heavy (non-hydrogen) atoms. The Hall–Kier alpha value is -1.26. The maximum atomic E-state index is 11.7. The predicted octanol–water partition coefficient (Wildman–Crippen LogP) is 3.53. The molecule has 0 radical (unpaired) electrons. The number of ketones is 1. The Labute approximate surface area is 121 Å².